The molecule has 29 heavy (non-hydrogen) atoms. The highest BCUT2D eigenvalue weighted by Gasteiger charge is 2.33. The quantitative estimate of drug-likeness (QED) is 0.722. The SMILES string of the molecule is CCSC1=C(C(=O)O)C(C)=CC(N(C)c2cccnc2)N1Cc1cccc(F)c1. The summed E-state index contributed by atoms with van der Waals surface area (Å²) in [5.41, 5.74) is 2.70. The molecule has 0 aliphatic carbocycles. The number of nitrogens with zero attached hydrogens (tertiary/aromatic N) is 3. The lowest BCUT2D eigenvalue weighted by Gasteiger charge is -2.43. The Morgan fingerprint density at radius 2 is 2.14 bits per heavy atom. The van der Waals surface area contributed by atoms with Gasteiger partial charge in [-0.3, -0.25) is 4.98 Å². The molecule has 1 aliphatic heterocycles. The number of aromatic nitrogens is 1. The number of carboxylic acids is 1. The minimum atomic E-state index is -0.957. The van der Waals surface area contributed by atoms with E-state index in [4.69, 9.17) is 0 Å². The van der Waals surface area contributed by atoms with Gasteiger partial charge in [0.15, 0.2) is 0 Å². The Bertz CT molecular complexity index is 946. The van der Waals surface area contributed by atoms with Gasteiger partial charge in [-0.15, -0.1) is 11.8 Å². The second kappa shape index (κ2) is 9.13. The number of pyridine rings is 1. The molecule has 5 nitrogen and oxygen atoms in total. The van der Waals surface area contributed by atoms with Gasteiger partial charge in [0, 0.05) is 19.8 Å². The highest BCUT2D eigenvalue weighted by Crippen LogP contribution is 2.37. The third-order valence-corrected chi connectivity index (χ3v) is 5.78. The predicted octanol–water partition coefficient (Wildman–Crippen LogP) is 4.49. The predicted molar refractivity (Wildman–Crippen MR) is 115 cm³/mol. The standard InChI is InChI=1S/C22H24FN3O2S/c1-4-29-21-20(22(27)28)15(2)11-19(25(3)18-9-6-10-24-13-18)26(21)14-16-7-5-8-17(23)12-16/h5-13,19H,4,14H2,1-3H3,(H,27,28). The molecule has 1 N–H and O–H groups in total. The van der Waals surface area contributed by atoms with Crippen molar-refractivity contribution in [3.05, 3.63) is 82.4 Å². The first-order valence-electron chi connectivity index (χ1n) is 9.35. The number of carbonyl (C=O) groups is 1. The van der Waals surface area contributed by atoms with E-state index in [2.05, 4.69) is 4.98 Å². The summed E-state index contributed by atoms with van der Waals surface area (Å²) in [6.45, 7) is 4.20. The zero-order valence-electron chi connectivity index (χ0n) is 16.7. The summed E-state index contributed by atoms with van der Waals surface area (Å²) in [6, 6.07) is 10.2. The Morgan fingerprint density at radius 3 is 2.76 bits per heavy atom. The van der Waals surface area contributed by atoms with Crippen LogP contribution in [-0.2, 0) is 11.3 Å². The van der Waals surface area contributed by atoms with E-state index >= 15 is 0 Å². The summed E-state index contributed by atoms with van der Waals surface area (Å²) in [5, 5.41) is 10.5. The van der Waals surface area contributed by atoms with Crippen LogP contribution in [0, 0.1) is 5.82 Å². The Hall–Kier alpha value is -2.80. The van der Waals surface area contributed by atoms with Crippen molar-refractivity contribution < 1.29 is 14.3 Å². The molecule has 2 aromatic rings. The lowest BCUT2D eigenvalue weighted by molar-refractivity contribution is -0.132. The van der Waals surface area contributed by atoms with Crippen LogP contribution in [0.3, 0.4) is 0 Å². The largest absolute Gasteiger partial charge is 0.478 e. The molecule has 0 bridgehead atoms. The van der Waals surface area contributed by atoms with Gasteiger partial charge in [0.2, 0.25) is 0 Å². The molecule has 1 unspecified atom stereocenters. The van der Waals surface area contributed by atoms with E-state index in [-0.39, 0.29) is 12.0 Å². The molecule has 0 saturated heterocycles. The summed E-state index contributed by atoms with van der Waals surface area (Å²) in [4.78, 5) is 20.3. The third kappa shape index (κ3) is 4.62. The van der Waals surface area contributed by atoms with Gasteiger partial charge in [-0.2, -0.15) is 0 Å². The first-order valence-corrected chi connectivity index (χ1v) is 10.3. The normalized spacial score (nSPS) is 16.6. The number of benzene rings is 1. The van der Waals surface area contributed by atoms with Gasteiger partial charge < -0.3 is 14.9 Å². The maximum atomic E-state index is 13.8. The summed E-state index contributed by atoms with van der Waals surface area (Å²) < 4.78 is 13.8. The van der Waals surface area contributed by atoms with Crippen molar-refractivity contribution in [2.45, 2.75) is 26.6 Å². The van der Waals surface area contributed by atoms with Gasteiger partial charge in [0.05, 0.1) is 22.5 Å². The summed E-state index contributed by atoms with van der Waals surface area (Å²) in [7, 11) is 1.95. The van der Waals surface area contributed by atoms with Crippen LogP contribution in [0.1, 0.15) is 19.4 Å². The van der Waals surface area contributed by atoms with Crippen molar-refractivity contribution in [3.63, 3.8) is 0 Å². The van der Waals surface area contributed by atoms with Crippen molar-refractivity contribution in [2.75, 3.05) is 17.7 Å². The molecule has 152 valence electrons. The number of anilines is 1. The zero-order chi connectivity index (χ0) is 21.0. The number of rotatable bonds is 7. The fourth-order valence-electron chi connectivity index (χ4n) is 3.41. The number of aliphatic carboxylic acids is 1. The molecule has 2 heterocycles. The highest BCUT2D eigenvalue weighted by molar-refractivity contribution is 8.03. The second-order valence-corrected chi connectivity index (χ2v) is 8.01. The van der Waals surface area contributed by atoms with Crippen LogP contribution in [0.25, 0.3) is 0 Å². The molecule has 7 heteroatoms. The first kappa shape index (κ1) is 20.9. The minimum Gasteiger partial charge on any atom is -0.478 e. The van der Waals surface area contributed by atoms with Gasteiger partial charge in [-0.25, -0.2) is 9.18 Å². The van der Waals surface area contributed by atoms with Crippen LogP contribution >= 0.6 is 11.8 Å². The van der Waals surface area contributed by atoms with E-state index in [0.717, 1.165) is 17.0 Å². The van der Waals surface area contributed by atoms with Crippen molar-refractivity contribution in [1.29, 1.82) is 0 Å². The Morgan fingerprint density at radius 1 is 1.34 bits per heavy atom. The molecular formula is C22H24FN3O2S. The van der Waals surface area contributed by atoms with Crippen LogP contribution < -0.4 is 4.90 Å². The summed E-state index contributed by atoms with van der Waals surface area (Å²) in [6.07, 6.45) is 5.19. The Balaban J connectivity index is 2.09. The first-order chi connectivity index (χ1) is 13.9. The maximum Gasteiger partial charge on any atom is 0.338 e. The van der Waals surface area contributed by atoms with Crippen LogP contribution in [0.15, 0.2) is 71.0 Å². The van der Waals surface area contributed by atoms with E-state index in [1.54, 1.807) is 18.5 Å². The molecule has 0 amide bonds. The molecular weight excluding hydrogens is 389 g/mol. The van der Waals surface area contributed by atoms with Crippen LogP contribution in [0.2, 0.25) is 0 Å². The molecule has 1 atom stereocenters. The van der Waals surface area contributed by atoms with Crippen molar-refractivity contribution in [3.8, 4) is 0 Å². The van der Waals surface area contributed by atoms with E-state index < -0.39 is 5.97 Å². The molecule has 1 aromatic heterocycles. The molecule has 3 rings (SSSR count). The number of hydrogen-bond donors (Lipinski definition) is 1. The minimum absolute atomic E-state index is 0.236. The van der Waals surface area contributed by atoms with Gasteiger partial charge in [0.1, 0.15) is 12.0 Å². The lowest BCUT2D eigenvalue weighted by atomic mass is 10.0. The fourth-order valence-corrected chi connectivity index (χ4v) is 4.42. The zero-order valence-corrected chi connectivity index (χ0v) is 17.5. The molecule has 1 aromatic carbocycles. The summed E-state index contributed by atoms with van der Waals surface area (Å²) >= 11 is 1.49. The average Bonchev–Trinajstić information content (AvgIpc) is 2.70. The third-order valence-electron chi connectivity index (χ3n) is 4.77. The van der Waals surface area contributed by atoms with Gasteiger partial charge in [-0.05, 0) is 54.2 Å². The van der Waals surface area contributed by atoms with Crippen LogP contribution in [-0.4, -0.2) is 39.9 Å². The molecule has 0 spiro atoms. The Labute approximate surface area is 174 Å². The van der Waals surface area contributed by atoms with E-state index in [1.807, 2.05) is 55.0 Å². The van der Waals surface area contributed by atoms with Crippen molar-refractivity contribution in [2.24, 2.45) is 0 Å². The summed E-state index contributed by atoms with van der Waals surface area (Å²) in [5.74, 6) is -0.542. The van der Waals surface area contributed by atoms with Gasteiger partial charge in [-0.1, -0.05) is 19.1 Å². The molecule has 0 fully saturated rings. The lowest BCUT2D eigenvalue weighted by Crippen LogP contribution is -2.47. The van der Waals surface area contributed by atoms with Crippen LogP contribution in [0.4, 0.5) is 10.1 Å². The molecule has 0 radical (unpaired) electrons. The van der Waals surface area contributed by atoms with Crippen molar-refractivity contribution in [1.82, 2.24) is 9.88 Å². The van der Waals surface area contributed by atoms with E-state index in [0.29, 0.717) is 22.7 Å². The number of halogens is 1. The Kier molecular flexibility index (Phi) is 6.59. The van der Waals surface area contributed by atoms with E-state index in [1.165, 1.54) is 23.9 Å². The monoisotopic (exact) mass is 413 g/mol. The number of carboxylic acid groups (broad SMARTS) is 1. The second-order valence-electron chi connectivity index (χ2n) is 6.76. The average molecular weight is 414 g/mol. The number of thioether (sulfide) groups is 1. The van der Waals surface area contributed by atoms with Gasteiger partial charge in [0.25, 0.3) is 0 Å². The van der Waals surface area contributed by atoms with E-state index in [9.17, 15) is 14.3 Å². The topological polar surface area (TPSA) is 56.7 Å². The van der Waals surface area contributed by atoms with Crippen molar-refractivity contribution >= 4 is 23.4 Å². The van der Waals surface area contributed by atoms with Crippen LogP contribution in [0.5, 0.6) is 0 Å². The van der Waals surface area contributed by atoms with Gasteiger partial charge >= 0.3 is 5.97 Å². The smallest absolute Gasteiger partial charge is 0.338 e. The molecule has 0 saturated carbocycles. The number of likely N-dealkylation sites (N-methyl/N-ethyl adjacent to an activating group) is 1. The maximum absolute atomic E-state index is 13.8. The number of hydrogen-bond acceptors (Lipinski definition) is 5. The fraction of sp³-hybridized carbons (Fsp3) is 0.273. The molecule has 1 aliphatic rings. The highest BCUT2D eigenvalue weighted by atomic mass is 32.2.